The largest absolute Gasteiger partial charge is 0.427 e. The van der Waals surface area contributed by atoms with Crippen LogP contribution in [0.15, 0.2) is 54.6 Å². The van der Waals surface area contributed by atoms with E-state index in [1.807, 2.05) is 55.5 Å². The van der Waals surface area contributed by atoms with Crippen molar-refractivity contribution in [2.75, 3.05) is 0 Å². The molecule has 0 N–H and O–H groups in total. The van der Waals surface area contributed by atoms with Gasteiger partial charge in [0.05, 0.1) is 0 Å². The molecule has 0 aliphatic carbocycles. The molecule has 0 saturated heterocycles. The first kappa shape index (κ1) is 13.9. The fraction of sp³-hybridized carbons (Fsp3) is 0.167. The van der Waals surface area contributed by atoms with Gasteiger partial charge in [-0.2, -0.15) is 0 Å². The van der Waals surface area contributed by atoms with Crippen molar-refractivity contribution in [1.29, 1.82) is 0 Å². The van der Waals surface area contributed by atoms with Crippen LogP contribution in [0, 0.1) is 11.8 Å². The van der Waals surface area contributed by atoms with E-state index in [-0.39, 0.29) is 11.9 Å². The molecule has 0 saturated carbocycles. The molecule has 1 atom stereocenters. The molecule has 0 radical (unpaired) electrons. The average Bonchev–Trinajstić information content (AvgIpc) is 2.45. The van der Waals surface area contributed by atoms with Crippen molar-refractivity contribution in [1.82, 2.24) is 0 Å². The Bertz CT molecular complexity index is 648. The molecule has 2 nitrogen and oxygen atoms in total. The Morgan fingerprint density at radius 2 is 1.85 bits per heavy atom. The summed E-state index contributed by atoms with van der Waals surface area (Å²) >= 11 is 0. The van der Waals surface area contributed by atoms with Crippen LogP contribution in [-0.2, 0) is 4.79 Å². The molecular formula is C18H16O2. The Morgan fingerprint density at radius 1 is 1.10 bits per heavy atom. The molecule has 100 valence electrons. The number of carbonyl (C=O) groups excluding carboxylic acids is 1. The summed E-state index contributed by atoms with van der Waals surface area (Å²) in [6.45, 7) is 3.42. The Balaban J connectivity index is 2.15. The summed E-state index contributed by atoms with van der Waals surface area (Å²) in [6, 6.07) is 17.3. The van der Waals surface area contributed by atoms with Gasteiger partial charge in [-0.3, -0.25) is 4.79 Å². The third-order valence-corrected chi connectivity index (χ3v) is 2.83. The Morgan fingerprint density at radius 3 is 2.55 bits per heavy atom. The van der Waals surface area contributed by atoms with Gasteiger partial charge in [0, 0.05) is 18.4 Å². The van der Waals surface area contributed by atoms with Gasteiger partial charge in [0.2, 0.25) is 0 Å². The number of ether oxygens (including phenoxy) is 1. The van der Waals surface area contributed by atoms with Gasteiger partial charge in [-0.1, -0.05) is 42.2 Å². The second-order valence-electron chi connectivity index (χ2n) is 4.52. The van der Waals surface area contributed by atoms with Crippen molar-refractivity contribution in [3.05, 3.63) is 65.7 Å². The van der Waals surface area contributed by atoms with Gasteiger partial charge in [0.25, 0.3) is 0 Å². The fourth-order valence-corrected chi connectivity index (χ4v) is 1.81. The van der Waals surface area contributed by atoms with E-state index in [4.69, 9.17) is 4.74 Å². The third-order valence-electron chi connectivity index (χ3n) is 2.83. The lowest BCUT2D eigenvalue weighted by atomic mass is 10.0. The minimum Gasteiger partial charge on any atom is -0.427 e. The van der Waals surface area contributed by atoms with Crippen molar-refractivity contribution in [2.45, 2.75) is 19.8 Å². The van der Waals surface area contributed by atoms with E-state index in [1.165, 1.54) is 6.92 Å². The molecule has 2 aromatic rings. The molecule has 0 heterocycles. The van der Waals surface area contributed by atoms with Crippen LogP contribution >= 0.6 is 0 Å². The Labute approximate surface area is 119 Å². The third kappa shape index (κ3) is 4.00. The van der Waals surface area contributed by atoms with Crippen molar-refractivity contribution in [3.8, 4) is 17.6 Å². The van der Waals surface area contributed by atoms with E-state index in [1.54, 1.807) is 6.07 Å². The topological polar surface area (TPSA) is 26.3 Å². The molecule has 2 rings (SSSR count). The minimum absolute atomic E-state index is 0.0747. The number of hydrogen-bond donors (Lipinski definition) is 0. The molecule has 2 aromatic carbocycles. The van der Waals surface area contributed by atoms with Crippen molar-refractivity contribution < 1.29 is 9.53 Å². The van der Waals surface area contributed by atoms with Gasteiger partial charge in [-0.15, -0.1) is 0 Å². The van der Waals surface area contributed by atoms with Gasteiger partial charge in [0.1, 0.15) is 5.75 Å². The summed E-state index contributed by atoms with van der Waals surface area (Å²) in [4.78, 5) is 11.0. The van der Waals surface area contributed by atoms with E-state index in [0.29, 0.717) is 5.75 Å². The van der Waals surface area contributed by atoms with Crippen LogP contribution < -0.4 is 4.74 Å². The van der Waals surface area contributed by atoms with Gasteiger partial charge < -0.3 is 4.74 Å². The van der Waals surface area contributed by atoms with Crippen LogP contribution in [0.2, 0.25) is 0 Å². The van der Waals surface area contributed by atoms with E-state index in [0.717, 1.165) is 11.1 Å². The predicted octanol–water partition coefficient (Wildman–Crippen LogP) is 3.77. The first-order valence-electron chi connectivity index (χ1n) is 6.50. The lowest BCUT2D eigenvalue weighted by Gasteiger charge is -2.07. The van der Waals surface area contributed by atoms with Crippen LogP contribution in [0.3, 0.4) is 0 Å². The number of hydrogen-bond acceptors (Lipinski definition) is 2. The predicted molar refractivity (Wildman–Crippen MR) is 79.5 cm³/mol. The maximum absolute atomic E-state index is 11.0. The SMILES string of the molecule is CC(=O)Oc1cccc([C@@H](C)C#Cc2ccccc2)c1. The quantitative estimate of drug-likeness (QED) is 0.469. The first-order chi connectivity index (χ1) is 9.65. The molecule has 0 spiro atoms. The second-order valence-corrected chi connectivity index (χ2v) is 4.52. The summed E-state index contributed by atoms with van der Waals surface area (Å²) in [5, 5.41) is 0. The highest BCUT2D eigenvalue weighted by atomic mass is 16.5. The normalized spacial score (nSPS) is 11.1. The van der Waals surface area contributed by atoms with Gasteiger partial charge in [-0.25, -0.2) is 0 Å². The van der Waals surface area contributed by atoms with Crippen molar-refractivity contribution in [2.24, 2.45) is 0 Å². The summed E-state index contributed by atoms with van der Waals surface area (Å²) < 4.78 is 5.08. The van der Waals surface area contributed by atoms with Gasteiger partial charge in [0.15, 0.2) is 0 Å². The smallest absolute Gasteiger partial charge is 0.308 e. The average molecular weight is 264 g/mol. The molecular weight excluding hydrogens is 248 g/mol. The van der Waals surface area contributed by atoms with Crippen LogP contribution in [0.5, 0.6) is 5.75 Å². The standard InChI is InChI=1S/C18H16O2/c1-14(11-12-16-7-4-3-5-8-16)17-9-6-10-18(13-17)20-15(2)19/h3-10,13-14H,1-2H3/t14-/m0/s1. The lowest BCUT2D eigenvalue weighted by molar-refractivity contribution is -0.131. The number of benzene rings is 2. The molecule has 0 aliphatic rings. The highest BCUT2D eigenvalue weighted by Gasteiger charge is 2.04. The fourth-order valence-electron chi connectivity index (χ4n) is 1.81. The van der Waals surface area contributed by atoms with Crippen LogP contribution in [0.1, 0.15) is 30.9 Å². The number of carbonyl (C=O) groups is 1. The van der Waals surface area contributed by atoms with Crippen LogP contribution in [-0.4, -0.2) is 5.97 Å². The van der Waals surface area contributed by atoms with E-state index in [9.17, 15) is 4.79 Å². The summed E-state index contributed by atoms with van der Waals surface area (Å²) in [5.41, 5.74) is 2.03. The molecule has 0 aliphatic heterocycles. The zero-order chi connectivity index (χ0) is 14.4. The highest BCUT2D eigenvalue weighted by Crippen LogP contribution is 2.20. The van der Waals surface area contributed by atoms with E-state index in [2.05, 4.69) is 11.8 Å². The molecule has 0 unspecified atom stereocenters. The highest BCUT2D eigenvalue weighted by molar-refractivity contribution is 5.69. The monoisotopic (exact) mass is 264 g/mol. The first-order valence-corrected chi connectivity index (χ1v) is 6.50. The van der Waals surface area contributed by atoms with Crippen LogP contribution in [0.4, 0.5) is 0 Å². The Kier molecular flexibility index (Phi) is 4.57. The summed E-state index contributed by atoms with van der Waals surface area (Å²) in [5.74, 6) is 6.67. The molecule has 0 amide bonds. The summed E-state index contributed by atoms with van der Waals surface area (Å²) in [6.07, 6.45) is 0. The molecule has 20 heavy (non-hydrogen) atoms. The van der Waals surface area contributed by atoms with E-state index < -0.39 is 0 Å². The Hall–Kier alpha value is -2.53. The molecule has 2 heteroatoms. The van der Waals surface area contributed by atoms with Gasteiger partial charge >= 0.3 is 5.97 Å². The molecule has 0 aromatic heterocycles. The molecule has 0 fully saturated rings. The van der Waals surface area contributed by atoms with E-state index >= 15 is 0 Å². The van der Waals surface area contributed by atoms with Crippen molar-refractivity contribution >= 4 is 5.97 Å². The number of esters is 1. The zero-order valence-electron chi connectivity index (χ0n) is 11.6. The number of rotatable bonds is 2. The molecule has 0 bridgehead atoms. The summed E-state index contributed by atoms with van der Waals surface area (Å²) in [7, 11) is 0. The van der Waals surface area contributed by atoms with Crippen molar-refractivity contribution in [3.63, 3.8) is 0 Å². The maximum Gasteiger partial charge on any atom is 0.308 e. The van der Waals surface area contributed by atoms with Gasteiger partial charge in [-0.05, 0) is 36.8 Å². The second kappa shape index (κ2) is 6.58. The maximum atomic E-state index is 11.0. The lowest BCUT2D eigenvalue weighted by Crippen LogP contribution is -2.02. The zero-order valence-corrected chi connectivity index (χ0v) is 11.6. The van der Waals surface area contributed by atoms with Crippen LogP contribution in [0.25, 0.3) is 0 Å². The minimum atomic E-state index is -0.315.